The Kier molecular flexibility index (Phi) is 6.01. The molecule has 1 aromatic carbocycles. The lowest BCUT2D eigenvalue weighted by Crippen LogP contribution is -2.47. The van der Waals surface area contributed by atoms with Gasteiger partial charge in [0.25, 0.3) is 5.91 Å². The third-order valence-electron chi connectivity index (χ3n) is 5.27. The minimum atomic E-state index is -0.464. The molecule has 0 spiro atoms. The van der Waals surface area contributed by atoms with Crippen molar-refractivity contribution in [3.05, 3.63) is 41.2 Å². The Morgan fingerprint density at radius 2 is 2.10 bits per heavy atom. The van der Waals surface area contributed by atoms with Gasteiger partial charge >= 0.3 is 0 Å². The summed E-state index contributed by atoms with van der Waals surface area (Å²) in [6, 6.07) is 5.36. The van der Waals surface area contributed by atoms with E-state index in [0.29, 0.717) is 42.2 Å². The third-order valence-corrected chi connectivity index (χ3v) is 6.78. The van der Waals surface area contributed by atoms with Crippen LogP contribution in [0.25, 0.3) is 0 Å². The number of rotatable bonds is 4. The molecule has 1 fully saturated rings. The number of halogens is 1. The van der Waals surface area contributed by atoms with Gasteiger partial charge in [0, 0.05) is 48.7 Å². The van der Waals surface area contributed by atoms with Crippen LogP contribution < -0.4 is 10.6 Å². The van der Waals surface area contributed by atoms with Crippen molar-refractivity contribution in [3.63, 3.8) is 0 Å². The van der Waals surface area contributed by atoms with Crippen molar-refractivity contribution >= 4 is 46.8 Å². The standard InChI is InChI=1S/C20H22ClN5O3S/c1-25-11-12(10-22-25)19(28)23-14-4-6-26(7-5-14)18(27)9-17-20(29)24-15-8-13(21)2-3-16(15)30-17/h2-3,8,10-11,14,17H,4-7,9H2,1H3,(H,23,28)(H,24,29). The van der Waals surface area contributed by atoms with Gasteiger partial charge in [-0.2, -0.15) is 5.10 Å². The summed E-state index contributed by atoms with van der Waals surface area (Å²) in [5.74, 6) is -0.374. The summed E-state index contributed by atoms with van der Waals surface area (Å²) in [6.07, 6.45) is 4.72. The fourth-order valence-electron chi connectivity index (χ4n) is 3.63. The van der Waals surface area contributed by atoms with Crippen LogP contribution >= 0.6 is 23.4 Å². The zero-order chi connectivity index (χ0) is 21.3. The van der Waals surface area contributed by atoms with E-state index in [1.54, 1.807) is 35.0 Å². The van der Waals surface area contributed by atoms with Gasteiger partial charge in [0.15, 0.2) is 0 Å². The monoisotopic (exact) mass is 447 g/mol. The number of anilines is 1. The largest absolute Gasteiger partial charge is 0.349 e. The highest BCUT2D eigenvalue weighted by Crippen LogP contribution is 2.38. The fraction of sp³-hybridized carbons (Fsp3) is 0.400. The first-order chi connectivity index (χ1) is 14.4. The zero-order valence-corrected chi connectivity index (χ0v) is 18.0. The number of aromatic nitrogens is 2. The minimum Gasteiger partial charge on any atom is -0.349 e. The molecule has 1 atom stereocenters. The van der Waals surface area contributed by atoms with Crippen molar-refractivity contribution in [2.45, 2.75) is 35.4 Å². The number of likely N-dealkylation sites (tertiary alicyclic amines) is 1. The van der Waals surface area contributed by atoms with E-state index in [9.17, 15) is 14.4 Å². The molecule has 0 bridgehead atoms. The van der Waals surface area contributed by atoms with Crippen LogP contribution in [0.1, 0.15) is 29.6 Å². The van der Waals surface area contributed by atoms with E-state index < -0.39 is 5.25 Å². The van der Waals surface area contributed by atoms with Crippen molar-refractivity contribution < 1.29 is 14.4 Å². The van der Waals surface area contributed by atoms with E-state index >= 15 is 0 Å². The molecule has 2 aliphatic heterocycles. The number of nitrogens with zero attached hydrogens (tertiary/aromatic N) is 3. The van der Waals surface area contributed by atoms with Gasteiger partial charge in [-0.15, -0.1) is 11.8 Å². The van der Waals surface area contributed by atoms with Gasteiger partial charge in [-0.25, -0.2) is 0 Å². The Morgan fingerprint density at radius 3 is 2.80 bits per heavy atom. The normalized spacial score (nSPS) is 19.2. The molecule has 0 saturated carbocycles. The van der Waals surface area contributed by atoms with E-state index in [1.807, 2.05) is 6.07 Å². The maximum atomic E-state index is 12.7. The molecule has 1 aromatic heterocycles. The Morgan fingerprint density at radius 1 is 1.33 bits per heavy atom. The Bertz CT molecular complexity index is 987. The molecule has 3 amide bonds. The second-order valence-electron chi connectivity index (χ2n) is 7.47. The predicted molar refractivity (Wildman–Crippen MR) is 115 cm³/mol. The summed E-state index contributed by atoms with van der Waals surface area (Å²) in [6.45, 7) is 1.12. The quantitative estimate of drug-likeness (QED) is 0.749. The fourth-order valence-corrected chi connectivity index (χ4v) is 4.88. The topological polar surface area (TPSA) is 96.3 Å². The molecule has 2 aliphatic rings. The molecular formula is C20H22ClN5O3S. The molecule has 1 unspecified atom stereocenters. The number of hydrogen-bond donors (Lipinski definition) is 2. The molecule has 30 heavy (non-hydrogen) atoms. The van der Waals surface area contributed by atoms with E-state index in [1.165, 1.54) is 18.0 Å². The number of fused-ring (bicyclic) bond motifs is 1. The van der Waals surface area contributed by atoms with Crippen LogP contribution in [-0.4, -0.2) is 56.8 Å². The molecular weight excluding hydrogens is 426 g/mol. The second kappa shape index (κ2) is 8.69. The highest BCUT2D eigenvalue weighted by molar-refractivity contribution is 8.01. The summed E-state index contributed by atoms with van der Waals surface area (Å²) in [7, 11) is 1.76. The Balaban J connectivity index is 1.28. The Labute approximate surface area is 183 Å². The number of piperidine rings is 1. The lowest BCUT2D eigenvalue weighted by molar-refractivity contribution is -0.133. The third kappa shape index (κ3) is 4.62. The maximum absolute atomic E-state index is 12.7. The smallest absolute Gasteiger partial charge is 0.254 e. The van der Waals surface area contributed by atoms with E-state index in [4.69, 9.17) is 11.6 Å². The van der Waals surface area contributed by atoms with Crippen LogP contribution in [0.2, 0.25) is 5.02 Å². The minimum absolute atomic E-state index is 0.0192. The average Bonchev–Trinajstić information content (AvgIpc) is 3.16. The van der Waals surface area contributed by atoms with Crippen molar-refractivity contribution in [1.82, 2.24) is 20.0 Å². The zero-order valence-electron chi connectivity index (χ0n) is 16.4. The summed E-state index contributed by atoms with van der Waals surface area (Å²) in [5, 5.41) is 9.94. The molecule has 0 aliphatic carbocycles. The SMILES string of the molecule is Cn1cc(C(=O)NC2CCN(C(=O)CC3Sc4ccc(Cl)cc4NC3=O)CC2)cn1. The van der Waals surface area contributed by atoms with Crippen LogP contribution in [0.3, 0.4) is 0 Å². The van der Waals surface area contributed by atoms with Crippen LogP contribution in [0.15, 0.2) is 35.5 Å². The average molecular weight is 448 g/mol. The first-order valence-corrected chi connectivity index (χ1v) is 11.0. The van der Waals surface area contributed by atoms with E-state index in [2.05, 4.69) is 15.7 Å². The number of thioether (sulfide) groups is 1. The molecule has 158 valence electrons. The maximum Gasteiger partial charge on any atom is 0.254 e. The van der Waals surface area contributed by atoms with E-state index in [-0.39, 0.29) is 30.2 Å². The van der Waals surface area contributed by atoms with Crippen LogP contribution in [0.4, 0.5) is 5.69 Å². The predicted octanol–water partition coefficient (Wildman–Crippen LogP) is 2.30. The summed E-state index contributed by atoms with van der Waals surface area (Å²) < 4.78 is 1.59. The lowest BCUT2D eigenvalue weighted by Gasteiger charge is -2.33. The number of nitrogens with one attached hydrogen (secondary N) is 2. The molecule has 3 heterocycles. The number of benzene rings is 1. The number of hydrogen-bond acceptors (Lipinski definition) is 5. The highest BCUT2D eigenvalue weighted by Gasteiger charge is 2.32. The van der Waals surface area contributed by atoms with Crippen molar-refractivity contribution in [2.24, 2.45) is 7.05 Å². The number of aryl methyl sites for hydroxylation is 1. The first kappa shape index (κ1) is 20.7. The van der Waals surface area contributed by atoms with Crippen molar-refractivity contribution in [3.8, 4) is 0 Å². The molecule has 2 aromatic rings. The second-order valence-corrected chi connectivity index (χ2v) is 9.15. The summed E-state index contributed by atoms with van der Waals surface area (Å²) in [5.41, 5.74) is 1.21. The van der Waals surface area contributed by atoms with Gasteiger partial charge in [0.2, 0.25) is 11.8 Å². The van der Waals surface area contributed by atoms with Crippen LogP contribution in [0.5, 0.6) is 0 Å². The molecule has 4 rings (SSSR count). The van der Waals surface area contributed by atoms with Crippen LogP contribution in [0, 0.1) is 0 Å². The lowest BCUT2D eigenvalue weighted by atomic mass is 10.0. The van der Waals surface area contributed by atoms with Crippen LogP contribution in [-0.2, 0) is 16.6 Å². The van der Waals surface area contributed by atoms with Gasteiger partial charge in [-0.05, 0) is 31.0 Å². The molecule has 1 saturated heterocycles. The summed E-state index contributed by atoms with van der Waals surface area (Å²) in [4.78, 5) is 40.1. The molecule has 2 N–H and O–H groups in total. The van der Waals surface area contributed by atoms with Gasteiger partial charge in [0.05, 0.1) is 22.7 Å². The van der Waals surface area contributed by atoms with E-state index in [0.717, 1.165) is 4.90 Å². The first-order valence-electron chi connectivity index (χ1n) is 9.73. The molecule has 0 radical (unpaired) electrons. The van der Waals surface area contributed by atoms with Gasteiger partial charge in [-0.1, -0.05) is 11.6 Å². The molecule has 10 heteroatoms. The van der Waals surface area contributed by atoms with Gasteiger partial charge in [-0.3, -0.25) is 19.1 Å². The number of carbonyl (C=O) groups excluding carboxylic acids is 3. The van der Waals surface area contributed by atoms with Crippen molar-refractivity contribution in [2.75, 3.05) is 18.4 Å². The molecule has 8 nitrogen and oxygen atoms in total. The summed E-state index contributed by atoms with van der Waals surface area (Å²) >= 11 is 7.37. The van der Waals surface area contributed by atoms with Gasteiger partial charge < -0.3 is 15.5 Å². The number of carbonyl (C=O) groups is 3. The van der Waals surface area contributed by atoms with Gasteiger partial charge in [0.1, 0.15) is 0 Å². The van der Waals surface area contributed by atoms with Crippen molar-refractivity contribution in [1.29, 1.82) is 0 Å². The Hall–Kier alpha value is -2.52. The number of amides is 3. The highest BCUT2D eigenvalue weighted by atomic mass is 35.5.